The quantitative estimate of drug-likeness (QED) is 0.545. The summed E-state index contributed by atoms with van der Waals surface area (Å²) in [5.41, 5.74) is 0.556. The number of hydrogen-bond acceptors (Lipinski definition) is 4. The Labute approximate surface area is 97.4 Å². The maximum Gasteiger partial charge on any atom is 0.200 e. The van der Waals surface area contributed by atoms with E-state index in [-0.39, 0.29) is 11.3 Å². The van der Waals surface area contributed by atoms with Crippen LogP contribution in [-0.4, -0.2) is 21.1 Å². The van der Waals surface area contributed by atoms with E-state index in [1.807, 2.05) is 0 Å². The third-order valence-electron chi connectivity index (χ3n) is 2.37. The molecule has 2 aromatic rings. The molecule has 0 saturated heterocycles. The summed E-state index contributed by atoms with van der Waals surface area (Å²) >= 11 is 0. The molecule has 0 aliphatic rings. The molecular formula is C13H10O4. The number of ketones is 1. The van der Waals surface area contributed by atoms with E-state index in [1.54, 1.807) is 30.3 Å². The predicted octanol–water partition coefficient (Wildman–Crippen LogP) is 2.03. The maximum absolute atomic E-state index is 12.0. The van der Waals surface area contributed by atoms with Gasteiger partial charge in [-0.1, -0.05) is 30.3 Å². The lowest BCUT2D eigenvalue weighted by molar-refractivity contribution is 0.103. The average Bonchev–Trinajstić information content (AvgIpc) is 2.35. The summed E-state index contributed by atoms with van der Waals surface area (Å²) in [7, 11) is 0. The molecule has 0 aliphatic heterocycles. The Balaban J connectivity index is 2.45. The second kappa shape index (κ2) is 4.17. The summed E-state index contributed by atoms with van der Waals surface area (Å²) in [5.74, 6) is -2.01. The van der Waals surface area contributed by atoms with Crippen LogP contribution < -0.4 is 0 Å². The van der Waals surface area contributed by atoms with E-state index in [4.69, 9.17) is 0 Å². The van der Waals surface area contributed by atoms with Gasteiger partial charge in [0.25, 0.3) is 0 Å². The Hall–Kier alpha value is -2.49. The highest BCUT2D eigenvalue weighted by Gasteiger charge is 2.14. The fourth-order valence-corrected chi connectivity index (χ4v) is 1.49. The second-order valence-electron chi connectivity index (χ2n) is 3.56. The van der Waals surface area contributed by atoms with Gasteiger partial charge in [-0.3, -0.25) is 4.79 Å². The lowest BCUT2D eigenvalue weighted by atomic mass is 10.0. The first-order valence-electron chi connectivity index (χ1n) is 4.94. The minimum absolute atomic E-state index is 0.115. The van der Waals surface area contributed by atoms with Crippen LogP contribution in [0.1, 0.15) is 15.9 Å². The largest absolute Gasteiger partial charge is 0.504 e. The molecule has 86 valence electrons. The van der Waals surface area contributed by atoms with Crippen molar-refractivity contribution in [1.29, 1.82) is 0 Å². The molecule has 4 nitrogen and oxygen atoms in total. The number of aromatic hydroxyl groups is 3. The van der Waals surface area contributed by atoms with Crippen LogP contribution >= 0.6 is 0 Å². The van der Waals surface area contributed by atoms with E-state index in [1.165, 1.54) is 0 Å². The standard InChI is InChI=1S/C13H10O4/c14-10-6-9(7-11(15)13(10)17)12(16)8-4-2-1-3-5-8/h1-7,14-15,17H. The first-order valence-corrected chi connectivity index (χ1v) is 4.94. The molecule has 2 rings (SSSR count). The van der Waals surface area contributed by atoms with E-state index in [0.29, 0.717) is 5.56 Å². The minimum atomic E-state index is -0.630. The summed E-state index contributed by atoms with van der Waals surface area (Å²) < 4.78 is 0. The molecule has 0 atom stereocenters. The topological polar surface area (TPSA) is 77.8 Å². The van der Waals surface area contributed by atoms with Crippen LogP contribution in [-0.2, 0) is 0 Å². The molecule has 0 fully saturated rings. The van der Waals surface area contributed by atoms with Crippen LogP contribution in [0.3, 0.4) is 0 Å². The van der Waals surface area contributed by atoms with E-state index in [0.717, 1.165) is 12.1 Å². The summed E-state index contributed by atoms with van der Waals surface area (Å²) in [4.78, 5) is 12.0. The van der Waals surface area contributed by atoms with Crippen LogP contribution in [0.25, 0.3) is 0 Å². The van der Waals surface area contributed by atoms with Gasteiger partial charge in [-0.25, -0.2) is 0 Å². The van der Waals surface area contributed by atoms with Crippen LogP contribution in [0.2, 0.25) is 0 Å². The molecular weight excluding hydrogens is 220 g/mol. The Kier molecular flexibility index (Phi) is 2.70. The van der Waals surface area contributed by atoms with Crippen LogP contribution in [0.15, 0.2) is 42.5 Å². The van der Waals surface area contributed by atoms with Gasteiger partial charge in [0.05, 0.1) is 0 Å². The fraction of sp³-hybridized carbons (Fsp3) is 0. The first-order chi connectivity index (χ1) is 8.09. The van der Waals surface area contributed by atoms with Gasteiger partial charge < -0.3 is 15.3 Å². The van der Waals surface area contributed by atoms with Gasteiger partial charge in [0.1, 0.15) is 0 Å². The van der Waals surface area contributed by atoms with Crippen molar-refractivity contribution in [3.8, 4) is 17.2 Å². The lowest BCUT2D eigenvalue weighted by Crippen LogP contribution is -2.00. The predicted molar refractivity (Wildman–Crippen MR) is 61.3 cm³/mol. The van der Waals surface area contributed by atoms with Gasteiger partial charge in [0, 0.05) is 11.1 Å². The van der Waals surface area contributed by atoms with E-state index in [9.17, 15) is 20.1 Å². The highest BCUT2D eigenvalue weighted by Crippen LogP contribution is 2.35. The van der Waals surface area contributed by atoms with Crippen molar-refractivity contribution in [2.45, 2.75) is 0 Å². The van der Waals surface area contributed by atoms with Crippen molar-refractivity contribution in [2.24, 2.45) is 0 Å². The van der Waals surface area contributed by atoms with Gasteiger partial charge in [-0.15, -0.1) is 0 Å². The molecule has 0 saturated carbocycles. The number of phenolic OH excluding ortho intramolecular Hbond substituents is 3. The van der Waals surface area contributed by atoms with E-state index < -0.39 is 17.2 Å². The molecule has 2 aromatic carbocycles. The Bertz CT molecular complexity index is 538. The monoisotopic (exact) mass is 230 g/mol. The summed E-state index contributed by atoms with van der Waals surface area (Å²) in [6.07, 6.45) is 0. The zero-order valence-corrected chi connectivity index (χ0v) is 8.79. The van der Waals surface area contributed by atoms with Crippen molar-refractivity contribution in [2.75, 3.05) is 0 Å². The molecule has 0 amide bonds. The summed E-state index contributed by atoms with van der Waals surface area (Å²) in [6, 6.07) is 10.7. The number of carbonyl (C=O) groups is 1. The number of carbonyl (C=O) groups excluding carboxylic acids is 1. The molecule has 0 heterocycles. The van der Waals surface area contributed by atoms with Crippen LogP contribution in [0.4, 0.5) is 0 Å². The highest BCUT2D eigenvalue weighted by atomic mass is 16.3. The molecule has 17 heavy (non-hydrogen) atoms. The first kappa shape index (κ1) is 11.0. The Morgan fingerprint density at radius 2 is 1.35 bits per heavy atom. The molecule has 0 bridgehead atoms. The molecule has 0 aliphatic carbocycles. The molecule has 0 unspecified atom stereocenters. The Morgan fingerprint density at radius 1 is 0.824 bits per heavy atom. The van der Waals surface area contributed by atoms with Gasteiger partial charge in [0.2, 0.25) is 0 Å². The summed E-state index contributed by atoms with van der Waals surface area (Å²) in [5, 5.41) is 27.8. The molecule has 0 radical (unpaired) electrons. The number of phenols is 3. The van der Waals surface area contributed by atoms with E-state index >= 15 is 0 Å². The van der Waals surface area contributed by atoms with Crippen molar-refractivity contribution < 1.29 is 20.1 Å². The average molecular weight is 230 g/mol. The SMILES string of the molecule is O=C(c1ccccc1)c1cc(O)c(O)c(O)c1. The van der Waals surface area contributed by atoms with Crippen LogP contribution in [0.5, 0.6) is 17.2 Å². The maximum atomic E-state index is 12.0. The molecule has 0 aromatic heterocycles. The lowest BCUT2D eigenvalue weighted by Gasteiger charge is -2.05. The third-order valence-corrected chi connectivity index (χ3v) is 2.37. The van der Waals surface area contributed by atoms with Gasteiger partial charge in [-0.2, -0.15) is 0 Å². The summed E-state index contributed by atoms with van der Waals surface area (Å²) in [6.45, 7) is 0. The number of benzene rings is 2. The Morgan fingerprint density at radius 3 is 1.88 bits per heavy atom. The number of hydrogen-bond donors (Lipinski definition) is 3. The smallest absolute Gasteiger partial charge is 0.200 e. The van der Waals surface area contributed by atoms with Gasteiger partial charge in [-0.05, 0) is 12.1 Å². The second-order valence-corrected chi connectivity index (χ2v) is 3.56. The van der Waals surface area contributed by atoms with Crippen molar-refractivity contribution >= 4 is 5.78 Å². The van der Waals surface area contributed by atoms with Crippen molar-refractivity contribution in [3.63, 3.8) is 0 Å². The van der Waals surface area contributed by atoms with E-state index in [2.05, 4.69) is 0 Å². The van der Waals surface area contributed by atoms with Crippen LogP contribution in [0, 0.1) is 0 Å². The fourth-order valence-electron chi connectivity index (χ4n) is 1.49. The zero-order valence-electron chi connectivity index (χ0n) is 8.79. The third kappa shape index (κ3) is 2.06. The number of rotatable bonds is 2. The van der Waals surface area contributed by atoms with Crippen molar-refractivity contribution in [1.82, 2.24) is 0 Å². The van der Waals surface area contributed by atoms with Gasteiger partial charge >= 0.3 is 0 Å². The molecule has 3 N–H and O–H groups in total. The molecule has 0 spiro atoms. The highest BCUT2D eigenvalue weighted by molar-refractivity contribution is 6.09. The zero-order chi connectivity index (χ0) is 12.4. The normalized spacial score (nSPS) is 10.1. The van der Waals surface area contributed by atoms with Crippen molar-refractivity contribution in [3.05, 3.63) is 53.6 Å². The minimum Gasteiger partial charge on any atom is -0.504 e. The van der Waals surface area contributed by atoms with Gasteiger partial charge in [0.15, 0.2) is 23.0 Å². The molecule has 4 heteroatoms.